The third-order valence-electron chi connectivity index (χ3n) is 5.29. The Balaban J connectivity index is 1.80. The molecule has 1 fully saturated rings. The number of hydrogen-bond donors (Lipinski definition) is 1. The fourth-order valence-corrected chi connectivity index (χ4v) is 5.21. The molecule has 1 saturated heterocycles. The van der Waals surface area contributed by atoms with Crippen LogP contribution in [0, 0.1) is 0 Å². The molecule has 3 aromatic rings. The Bertz CT molecular complexity index is 1150. The molecule has 0 aliphatic carbocycles. The van der Waals surface area contributed by atoms with Crippen LogP contribution in [0.15, 0.2) is 59.3 Å². The minimum Gasteiger partial charge on any atom is -0.472 e. The molecule has 5 nitrogen and oxygen atoms in total. The van der Waals surface area contributed by atoms with Gasteiger partial charge in [-0.05, 0) is 40.1 Å². The Kier molecular flexibility index (Phi) is 6.50. The van der Waals surface area contributed by atoms with Gasteiger partial charge >= 0.3 is 0 Å². The highest BCUT2D eigenvalue weighted by Gasteiger charge is 2.53. The quantitative estimate of drug-likeness (QED) is 0.382. The summed E-state index contributed by atoms with van der Waals surface area (Å²) in [5, 5.41) is 3.92. The largest absolute Gasteiger partial charge is 0.472 e. The van der Waals surface area contributed by atoms with E-state index in [2.05, 4.69) is 17.8 Å². The van der Waals surface area contributed by atoms with E-state index >= 15 is 0 Å². The molecule has 0 radical (unpaired) electrons. The molecule has 1 amide bonds. The molecule has 1 aliphatic rings. The van der Waals surface area contributed by atoms with Crippen LogP contribution in [-0.4, -0.2) is 34.0 Å². The predicted molar refractivity (Wildman–Crippen MR) is 120 cm³/mol. The van der Waals surface area contributed by atoms with E-state index in [1.165, 1.54) is 21.7 Å². The second-order valence-corrected chi connectivity index (χ2v) is 8.77. The van der Waals surface area contributed by atoms with Crippen LogP contribution in [0.25, 0.3) is 0 Å². The van der Waals surface area contributed by atoms with Gasteiger partial charge in [0.1, 0.15) is 11.5 Å². The van der Waals surface area contributed by atoms with E-state index in [9.17, 15) is 18.4 Å². The number of thiol groups is 1. The van der Waals surface area contributed by atoms with Crippen LogP contribution in [0.1, 0.15) is 29.2 Å². The van der Waals surface area contributed by atoms with Crippen LogP contribution in [-0.2, 0) is 15.1 Å². The van der Waals surface area contributed by atoms with Crippen molar-refractivity contribution in [3.05, 3.63) is 81.1 Å². The summed E-state index contributed by atoms with van der Waals surface area (Å²) < 4.78 is 31.5. The second-order valence-electron chi connectivity index (χ2n) is 7.18. The van der Waals surface area contributed by atoms with Crippen molar-refractivity contribution in [2.75, 3.05) is 6.61 Å². The molecule has 32 heavy (non-hydrogen) atoms. The first-order valence-corrected chi connectivity index (χ1v) is 11.3. The number of benzene rings is 1. The first kappa shape index (κ1) is 22.7. The molecule has 0 N–H and O–H groups in total. The van der Waals surface area contributed by atoms with Gasteiger partial charge in [0, 0.05) is 17.5 Å². The van der Waals surface area contributed by atoms with Gasteiger partial charge in [-0.2, -0.15) is 11.3 Å². The number of amides is 1. The number of nitrogens with zero attached hydrogens (tertiary/aromatic N) is 2. The molecule has 1 aliphatic heterocycles. The first-order chi connectivity index (χ1) is 15.3. The minimum absolute atomic E-state index is 0.0349. The van der Waals surface area contributed by atoms with Gasteiger partial charge < -0.3 is 4.74 Å². The van der Waals surface area contributed by atoms with Crippen molar-refractivity contribution in [1.82, 2.24) is 9.29 Å². The molecule has 2 atom stereocenters. The number of aromatic nitrogens is 1. The van der Waals surface area contributed by atoms with Gasteiger partial charge in [-0.25, -0.2) is 13.8 Å². The standard InChI is InChI=1S/C22H17ClF2N2O3S2/c23-15-5-2-1-4-14(15)20-16(28)10-22(27(31)21(20)29,13-8-9-32-12-13)17-6-3-7-19(26-17)30-11-18(24)25/h1-9,12,18,20,31H,10-11H2. The smallest absolute Gasteiger partial charge is 0.272 e. The minimum atomic E-state index is -2.66. The fourth-order valence-electron chi connectivity index (χ4n) is 3.84. The van der Waals surface area contributed by atoms with Crippen LogP contribution < -0.4 is 4.74 Å². The Morgan fingerprint density at radius 3 is 2.69 bits per heavy atom. The van der Waals surface area contributed by atoms with Gasteiger partial charge in [0.15, 0.2) is 12.4 Å². The zero-order chi connectivity index (χ0) is 22.9. The molecular formula is C22H17ClF2N2O3S2. The van der Waals surface area contributed by atoms with Gasteiger partial charge in [-0.15, -0.1) is 0 Å². The van der Waals surface area contributed by atoms with E-state index in [1.807, 2.05) is 5.38 Å². The Morgan fingerprint density at radius 1 is 1.22 bits per heavy atom. The fraction of sp³-hybridized carbons (Fsp3) is 0.227. The number of Topliss-reactive ketones (excluding diaryl/α,β-unsaturated/α-hetero) is 1. The zero-order valence-electron chi connectivity index (χ0n) is 16.5. The topological polar surface area (TPSA) is 59.5 Å². The van der Waals surface area contributed by atoms with Crippen LogP contribution in [0.5, 0.6) is 5.88 Å². The summed E-state index contributed by atoms with van der Waals surface area (Å²) in [6.45, 7) is -0.821. The predicted octanol–water partition coefficient (Wildman–Crippen LogP) is 5.11. The van der Waals surface area contributed by atoms with E-state index in [0.29, 0.717) is 16.1 Å². The van der Waals surface area contributed by atoms with E-state index in [1.54, 1.807) is 47.8 Å². The number of ether oxygens (including phenoxy) is 1. The number of rotatable bonds is 6. The maximum atomic E-state index is 13.5. The third kappa shape index (κ3) is 4.00. The van der Waals surface area contributed by atoms with Crippen molar-refractivity contribution >= 4 is 47.4 Å². The summed E-state index contributed by atoms with van der Waals surface area (Å²) in [6.07, 6.45) is -2.79. The van der Waals surface area contributed by atoms with Crippen LogP contribution in [0.4, 0.5) is 8.78 Å². The lowest BCUT2D eigenvalue weighted by Gasteiger charge is -2.45. The van der Waals surface area contributed by atoms with Crippen molar-refractivity contribution in [3.8, 4) is 5.88 Å². The highest BCUT2D eigenvalue weighted by Crippen LogP contribution is 2.48. The number of ketones is 1. The lowest BCUT2D eigenvalue weighted by molar-refractivity contribution is -0.142. The van der Waals surface area contributed by atoms with Crippen molar-refractivity contribution < 1.29 is 23.1 Å². The Hall–Kier alpha value is -2.49. The lowest BCUT2D eigenvalue weighted by Crippen LogP contribution is -2.54. The summed E-state index contributed by atoms with van der Waals surface area (Å²) in [4.78, 5) is 31.2. The number of piperidine rings is 1. The van der Waals surface area contributed by atoms with E-state index in [0.717, 1.165) is 0 Å². The molecule has 166 valence electrons. The summed E-state index contributed by atoms with van der Waals surface area (Å²) in [7, 11) is 0. The highest BCUT2D eigenvalue weighted by molar-refractivity contribution is 7.78. The number of hydrogen-bond acceptors (Lipinski definition) is 6. The second kappa shape index (κ2) is 9.17. The number of thiophene rings is 1. The number of alkyl halides is 2. The summed E-state index contributed by atoms with van der Waals surface area (Å²) in [5.74, 6) is -2.04. The Morgan fingerprint density at radius 2 is 2.00 bits per heavy atom. The van der Waals surface area contributed by atoms with Crippen molar-refractivity contribution in [3.63, 3.8) is 0 Å². The van der Waals surface area contributed by atoms with Gasteiger partial charge in [-0.3, -0.25) is 13.9 Å². The van der Waals surface area contributed by atoms with E-state index < -0.39 is 30.4 Å². The third-order valence-corrected chi connectivity index (χ3v) is 6.85. The molecule has 0 spiro atoms. The monoisotopic (exact) mass is 494 g/mol. The van der Waals surface area contributed by atoms with Gasteiger partial charge in [0.05, 0.1) is 5.69 Å². The molecule has 0 saturated carbocycles. The lowest BCUT2D eigenvalue weighted by atomic mass is 9.75. The van der Waals surface area contributed by atoms with Gasteiger partial charge in [0.2, 0.25) is 11.8 Å². The van der Waals surface area contributed by atoms with Gasteiger partial charge in [-0.1, -0.05) is 48.7 Å². The van der Waals surface area contributed by atoms with Crippen LogP contribution in [0.3, 0.4) is 0 Å². The van der Waals surface area contributed by atoms with Crippen LogP contribution in [0.2, 0.25) is 5.02 Å². The summed E-state index contributed by atoms with van der Waals surface area (Å²) in [6, 6.07) is 13.1. The van der Waals surface area contributed by atoms with Crippen LogP contribution >= 0.6 is 35.8 Å². The number of carbonyl (C=O) groups is 2. The first-order valence-electron chi connectivity index (χ1n) is 9.56. The molecule has 4 rings (SSSR count). The zero-order valence-corrected chi connectivity index (χ0v) is 18.9. The summed E-state index contributed by atoms with van der Waals surface area (Å²) >= 11 is 12.2. The average molecular weight is 495 g/mol. The molecule has 1 aromatic carbocycles. The molecule has 0 bridgehead atoms. The maximum absolute atomic E-state index is 13.5. The molecule has 2 aromatic heterocycles. The number of pyridine rings is 1. The molecule has 2 unspecified atom stereocenters. The van der Waals surface area contributed by atoms with Crippen molar-refractivity contribution in [2.45, 2.75) is 24.3 Å². The normalized spacial score (nSPS) is 21.3. The molecule has 3 heterocycles. The molecule has 10 heteroatoms. The van der Waals surface area contributed by atoms with E-state index in [-0.39, 0.29) is 23.8 Å². The SMILES string of the molecule is O=C1CC(c2ccsc2)(c2cccc(OCC(F)F)n2)N(S)C(=O)C1c1ccccc1Cl. The number of carbonyl (C=O) groups excluding carboxylic acids is 2. The highest BCUT2D eigenvalue weighted by atomic mass is 35.5. The van der Waals surface area contributed by atoms with Crippen molar-refractivity contribution in [2.24, 2.45) is 0 Å². The van der Waals surface area contributed by atoms with E-state index in [4.69, 9.17) is 16.3 Å². The molecular weight excluding hydrogens is 478 g/mol. The average Bonchev–Trinajstić information content (AvgIpc) is 3.32. The van der Waals surface area contributed by atoms with Crippen molar-refractivity contribution in [1.29, 1.82) is 0 Å². The van der Waals surface area contributed by atoms with Gasteiger partial charge in [0.25, 0.3) is 6.43 Å². The maximum Gasteiger partial charge on any atom is 0.272 e. The Labute approximate surface area is 197 Å². The summed E-state index contributed by atoms with van der Waals surface area (Å²) in [5.41, 5.74) is -0.00409. The number of halogens is 3.